The molecule has 0 radical (unpaired) electrons. The summed E-state index contributed by atoms with van der Waals surface area (Å²) < 4.78 is 4.85. The normalized spacial score (nSPS) is 11.7. The van der Waals surface area contributed by atoms with Crippen molar-refractivity contribution in [2.24, 2.45) is 0 Å². The van der Waals surface area contributed by atoms with Crippen molar-refractivity contribution in [2.45, 2.75) is 0 Å². The maximum Gasteiger partial charge on any atom is 0.0541 e. The average molecular weight is 687 g/mol. The van der Waals surface area contributed by atoms with Crippen molar-refractivity contribution >= 4 is 54.4 Å². The number of rotatable bonds is 5. The Balaban J connectivity index is 1.08. The number of fused-ring (bicyclic) bond motifs is 7. The molecule has 2 heterocycles. The van der Waals surface area contributed by atoms with E-state index in [1.54, 1.807) is 0 Å². The zero-order chi connectivity index (χ0) is 35.6. The molecule has 0 spiro atoms. The Morgan fingerprint density at radius 2 is 0.722 bits per heavy atom. The van der Waals surface area contributed by atoms with Gasteiger partial charge < -0.3 is 9.13 Å². The Labute approximate surface area is 313 Å². The summed E-state index contributed by atoms with van der Waals surface area (Å²) >= 11 is 0. The molecule has 0 N–H and O–H groups in total. The van der Waals surface area contributed by atoms with E-state index in [0.717, 1.165) is 11.4 Å². The number of aromatic nitrogens is 2. The molecule has 2 nitrogen and oxygen atoms in total. The molecule has 9 aromatic carbocycles. The molecule has 0 atom stereocenters. The molecule has 0 aliphatic heterocycles. The summed E-state index contributed by atoms with van der Waals surface area (Å²) in [4.78, 5) is 0. The smallest absolute Gasteiger partial charge is 0.0541 e. The summed E-state index contributed by atoms with van der Waals surface area (Å²) in [5, 5.41) is 7.49. The monoisotopic (exact) mass is 686 g/mol. The predicted molar refractivity (Wildman–Crippen MR) is 229 cm³/mol. The lowest BCUT2D eigenvalue weighted by Crippen LogP contribution is -1.95. The highest BCUT2D eigenvalue weighted by atomic mass is 15.0. The summed E-state index contributed by atoms with van der Waals surface area (Å²) in [7, 11) is 0. The first-order valence-corrected chi connectivity index (χ1v) is 18.6. The number of para-hydroxylation sites is 2. The van der Waals surface area contributed by atoms with E-state index < -0.39 is 0 Å². The number of hydrogen-bond acceptors (Lipinski definition) is 0. The Morgan fingerprint density at radius 1 is 0.241 bits per heavy atom. The van der Waals surface area contributed by atoms with Gasteiger partial charge in [-0.05, 0) is 105 Å². The van der Waals surface area contributed by atoms with Crippen molar-refractivity contribution in [1.82, 2.24) is 9.13 Å². The van der Waals surface area contributed by atoms with Gasteiger partial charge in [0.2, 0.25) is 0 Å². The van der Waals surface area contributed by atoms with Crippen LogP contribution in [0.4, 0.5) is 0 Å². The number of benzene rings is 9. The topological polar surface area (TPSA) is 9.86 Å². The molecule has 2 aromatic heterocycles. The van der Waals surface area contributed by atoms with E-state index in [1.165, 1.54) is 87.8 Å². The molecule has 0 bridgehead atoms. The average Bonchev–Trinajstić information content (AvgIpc) is 3.76. The second-order valence-corrected chi connectivity index (χ2v) is 14.2. The zero-order valence-electron chi connectivity index (χ0n) is 29.5. The van der Waals surface area contributed by atoms with Gasteiger partial charge in [-0.2, -0.15) is 0 Å². The molecule has 54 heavy (non-hydrogen) atoms. The van der Waals surface area contributed by atoms with Crippen LogP contribution in [0.2, 0.25) is 0 Å². The van der Waals surface area contributed by atoms with E-state index in [9.17, 15) is 0 Å². The highest BCUT2D eigenvalue weighted by molar-refractivity contribution is 6.13. The first-order chi connectivity index (χ1) is 26.8. The van der Waals surface area contributed by atoms with Gasteiger partial charge in [0.1, 0.15) is 0 Å². The summed E-state index contributed by atoms with van der Waals surface area (Å²) in [5.74, 6) is 0. The minimum absolute atomic E-state index is 1.16. The highest BCUT2D eigenvalue weighted by Gasteiger charge is 2.17. The lowest BCUT2D eigenvalue weighted by molar-refractivity contribution is 1.18. The van der Waals surface area contributed by atoms with Gasteiger partial charge in [0, 0.05) is 32.9 Å². The summed E-state index contributed by atoms with van der Waals surface area (Å²) in [5.41, 5.74) is 14.4. The third-order valence-corrected chi connectivity index (χ3v) is 11.1. The molecular formula is C52H34N2. The van der Waals surface area contributed by atoms with Gasteiger partial charge in [0.05, 0.1) is 22.1 Å². The number of nitrogens with zero attached hydrogens (tertiary/aromatic N) is 2. The standard InChI is InChI=1S/C52H34N2/c1-3-14-35(15-4-1)37-19-13-20-41(30-37)53-49-24-11-9-22-44(49)47-32-38(26-28-51(47)53)39-27-29-52-48(33-39)45-23-10-12-25-50(45)54(52)42-31-40-18-7-8-21-43(40)46(34-42)36-16-5-2-6-17-36/h1-34H. The molecule has 0 saturated carbocycles. The molecule has 11 aromatic rings. The molecule has 0 fully saturated rings. The van der Waals surface area contributed by atoms with Crippen LogP contribution in [0.25, 0.3) is 99.1 Å². The van der Waals surface area contributed by atoms with Crippen molar-refractivity contribution in [3.63, 3.8) is 0 Å². The van der Waals surface area contributed by atoms with Gasteiger partial charge in [-0.3, -0.25) is 0 Å². The second kappa shape index (κ2) is 12.2. The minimum Gasteiger partial charge on any atom is -0.309 e. The van der Waals surface area contributed by atoms with Gasteiger partial charge in [-0.1, -0.05) is 146 Å². The summed E-state index contributed by atoms with van der Waals surface area (Å²) in [6.45, 7) is 0. The fourth-order valence-corrected chi connectivity index (χ4v) is 8.60. The van der Waals surface area contributed by atoms with Crippen LogP contribution in [-0.4, -0.2) is 9.13 Å². The fraction of sp³-hybridized carbons (Fsp3) is 0. The van der Waals surface area contributed by atoms with Crippen LogP contribution in [0, 0.1) is 0 Å². The molecule has 11 rings (SSSR count). The maximum atomic E-state index is 2.44. The Kier molecular flexibility index (Phi) is 6.90. The highest BCUT2D eigenvalue weighted by Crippen LogP contribution is 2.40. The second-order valence-electron chi connectivity index (χ2n) is 14.2. The molecule has 0 unspecified atom stereocenters. The van der Waals surface area contributed by atoms with Crippen LogP contribution in [0.1, 0.15) is 0 Å². The van der Waals surface area contributed by atoms with Crippen molar-refractivity contribution in [2.75, 3.05) is 0 Å². The van der Waals surface area contributed by atoms with Gasteiger partial charge in [0.15, 0.2) is 0 Å². The molecule has 0 aliphatic rings. The minimum atomic E-state index is 1.16. The van der Waals surface area contributed by atoms with Crippen molar-refractivity contribution < 1.29 is 0 Å². The largest absolute Gasteiger partial charge is 0.309 e. The molecular weight excluding hydrogens is 653 g/mol. The first kappa shape index (κ1) is 30.5. The first-order valence-electron chi connectivity index (χ1n) is 18.6. The van der Waals surface area contributed by atoms with E-state index in [1.807, 2.05) is 0 Å². The van der Waals surface area contributed by atoms with E-state index in [2.05, 4.69) is 215 Å². The van der Waals surface area contributed by atoms with Crippen LogP contribution in [-0.2, 0) is 0 Å². The van der Waals surface area contributed by atoms with E-state index in [4.69, 9.17) is 0 Å². The SMILES string of the molecule is c1ccc(-c2cccc(-n3c4ccccc4c4cc(-c5ccc6c(c5)c5ccccc5n6-c5cc(-c6ccccc6)c6ccccc6c5)ccc43)c2)cc1. The Morgan fingerprint density at radius 3 is 1.37 bits per heavy atom. The van der Waals surface area contributed by atoms with Crippen LogP contribution in [0.5, 0.6) is 0 Å². The Bertz CT molecular complexity index is 3200. The van der Waals surface area contributed by atoms with Crippen LogP contribution >= 0.6 is 0 Å². The molecule has 2 heteroatoms. The van der Waals surface area contributed by atoms with Gasteiger partial charge >= 0.3 is 0 Å². The predicted octanol–water partition coefficient (Wildman–Crippen LogP) is 14.0. The molecule has 252 valence electrons. The molecule has 0 amide bonds. The summed E-state index contributed by atoms with van der Waals surface area (Å²) in [6, 6.07) is 75.2. The number of hydrogen-bond donors (Lipinski definition) is 0. The van der Waals surface area contributed by atoms with E-state index >= 15 is 0 Å². The van der Waals surface area contributed by atoms with Gasteiger partial charge in [0.25, 0.3) is 0 Å². The van der Waals surface area contributed by atoms with Crippen molar-refractivity contribution in [3.05, 3.63) is 206 Å². The van der Waals surface area contributed by atoms with E-state index in [-0.39, 0.29) is 0 Å². The van der Waals surface area contributed by atoms with Crippen LogP contribution < -0.4 is 0 Å². The Hall–Kier alpha value is -7.16. The van der Waals surface area contributed by atoms with Crippen LogP contribution in [0.15, 0.2) is 206 Å². The van der Waals surface area contributed by atoms with E-state index in [0.29, 0.717) is 0 Å². The molecule has 0 saturated heterocycles. The van der Waals surface area contributed by atoms with Gasteiger partial charge in [-0.25, -0.2) is 0 Å². The van der Waals surface area contributed by atoms with Crippen molar-refractivity contribution in [1.29, 1.82) is 0 Å². The third-order valence-electron chi connectivity index (χ3n) is 11.1. The van der Waals surface area contributed by atoms with Crippen molar-refractivity contribution in [3.8, 4) is 44.8 Å². The van der Waals surface area contributed by atoms with Crippen LogP contribution in [0.3, 0.4) is 0 Å². The summed E-state index contributed by atoms with van der Waals surface area (Å²) in [6.07, 6.45) is 0. The zero-order valence-corrected chi connectivity index (χ0v) is 29.5. The third kappa shape index (κ3) is 4.81. The van der Waals surface area contributed by atoms with Gasteiger partial charge in [-0.15, -0.1) is 0 Å². The fourth-order valence-electron chi connectivity index (χ4n) is 8.60. The lowest BCUT2D eigenvalue weighted by Gasteiger charge is -2.14. The maximum absolute atomic E-state index is 2.44. The lowest BCUT2D eigenvalue weighted by atomic mass is 9.97. The quantitative estimate of drug-likeness (QED) is 0.171. The molecule has 0 aliphatic carbocycles.